The van der Waals surface area contributed by atoms with Crippen molar-refractivity contribution in [1.82, 2.24) is 5.32 Å². The zero-order valence-electron chi connectivity index (χ0n) is 10.7. The van der Waals surface area contributed by atoms with E-state index in [4.69, 9.17) is 0 Å². The van der Waals surface area contributed by atoms with Gasteiger partial charge >= 0.3 is 0 Å². The van der Waals surface area contributed by atoms with Gasteiger partial charge in [-0.05, 0) is 32.9 Å². The van der Waals surface area contributed by atoms with Gasteiger partial charge in [-0.1, -0.05) is 29.8 Å². The van der Waals surface area contributed by atoms with Crippen molar-refractivity contribution in [2.45, 2.75) is 20.8 Å². The Balaban J connectivity index is 0.000000557. The molecule has 1 N–H and O–H groups in total. The van der Waals surface area contributed by atoms with Gasteiger partial charge in [0.1, 0.15) is 0 Å². The molecule has 1 rings (SSSR count). The van der Waals surface area contributed by atoms with Gasteiger partial charge in [-0.2, -0.15) is 12.6 Å². The standard InChI is InChI=1S/C10H13NOS.C4H8/c1-8-2-4-9(5-3-8)10(12)11-6-7-13;1-3-4-2/h2-5,13H,6-7H2,1H3,(H,11,12);3-4H,1-2H3. The van der Waals surface area contributed by atoms with Crippen LogP contribution in [0.25, 0.3) is 0 Å². The van der Waals surface area contributed by atoms with Gasteiger partial charge < -0.3 is 5.32 Å². The van der Waals surface area contributed by atoms with Crippen LogP contribution in [0.1, 0.15) is 29.8 Å². The van der Waals surface area contributed by atoms with Crippen molar-refractivity contribution in [3.63, 3.8) is 0 Å². The van der Waals surface area contributed by atoms with Crippen molar-refractivity contribution in [3.05, 3.63) is 47.5 Å². The van der Waals surface area contributed by atoms with E-state index in [9.17, 15) is 4.79 Å². The molecule has 0 saturated heterocycles. The lowest BCUT2D eigenvalue weighted by molar-refractivity contribution is 0.0956. The van der Waals surface area contributed by atoms with E-state index in [0.29, 0.717) is 17.9 Å². The molecule has 3 heteroatoms. The Kier molecular flexibility index (Phi) is 9.25. The van der Waals surface area contributed by atoms with Gasteiger partial charge in [0.05, 0.1) is 0 Å². The quantitative estimate of drug-likeness (QED) is 0.627. The second-order valence-corrected chi connectivity index (χ2v) is 3.96. The third-order valence-electron chi connectivity index (χ3n) is 2.04. The third kappa shape index (κ3) is 7.64. The van der Waals surface area contributed by atoms with E-state index in [1.165, 1.54) is 0 Å². The fraction of sp³-hybridized carbons (Fsp3) is 0.357. The van der Waals surface area contributed by atoms with Crippen LogP contribution in [-0.2, 0) is 0 Å². The van der Waals surface area contributed by atoms with Gasteiger partial charge in [-0.25, -0.2) is 0 Å². The molecule has 0 aromatic heterocycles. The number of amides is 1. The van der Waals surface area contributed by atoms with Gasteiger partial charge in [0.15, 0.2) is 0 Å². The maximum absolute atomic E-state index is 11.4. The molecule has 0 fully saturated rings. The molecule has 0 unspecified atom stereocenters. The maximum atomic E-state index is 11.4. The van der Waals surface area contributed by atoms with Crippen LogP contribution < -0.4 is 5.32 Å². The van der Waals surface area contributed by atoms with E-state index < -0.39 is 0 Å². The van der Waals surface area contributed by atoms with Crippen molar-refractivity contribution in [1.29, 1.82) is 0 Å². The third-order valence-corrected chi connectivity index (χ3v) is 2.27. The number of benzene rings is 1. The molecule has 1 amide bonds. The lowest BCUT2D eigenvalue weighted by atomic mass is 10.1. The fourth-order valence-corrected chi connectivity index (χ4v) is 1.09. The smallest absolute Gasteiger partial charge is 0.251 e. The Morgan fingerprint density at radius 3 is 2.18 bits per heavy atom. The summed E-state index contributed by atoms with van der Waals surface area (Å²) in [7, 11) is 0. The van der Waals surface area contributed by atoms with Crippen LogP contribution in [0.2, 0.25) is 0 Å². The topological polar surface area (TPSA) is 29.1 Å². The molecule has 0 saturated carbocycles. The summed E-state index contributed by atoms with van der Waals surface area (Å²) in [5.41, 5.74) is 1.86. The minimum Gasteiger partial charge on any atom is -0.351 e. The number of carbonyl (C=O) groups is 1. The maximum Gasteiger partial charge on any atom is 0.251 e. The number of carbonyl (C=O) groups excluding carboxylic acids is 1. The molecule has 0 aliphatic heterocycles. The summed E-state index contributed by atoms with van der Waals surface area (Å²) in [4.78, 5) is 11.4. The van der Waals surface area contributed by atoms with Crippen LogP contribution in [0, 0.1) is 6.92 Å². The molecule has 1 aromatic carbocycles. The Bertz CT molecular complexity index is 340. The molecule has 0 heterocycles. The molecule has 1 aromatic rings. The molecule has 17 heavy (non-hydrogen) atoms. The first-order valence-electron chi connectivity index (χ1n) is 5.68. The molecule has 0 atom stereocenters. The van der Waals surface area contributed by atoms with Gasteiger partial charge in [0.25, 0.3) is 5.91 Å². The molecular formula is C14H21NOS. The van der Waals surface area contributed by atoms with E-state index in [1.54, 1.807) is 0 Å². The zero-order valence-corrected chi connectivity index (χ0v) is 11.6. The normalized spacial score (nSPS) is 9.65. The fourth-order valence-electron chi connectivity index (χ4n) is 0.976. The van der Waals surface area contributed by atoms with Crippen LogP contribution in [0.5, 0.6) is 0 Å². The minimum atomic E-state index is -0.0333. The van der Waals surface area contributed by atoms with E-state index in [0.717, 1.165) is 5.56 Å². The summed E-state index contributed by atoms with van der Waals surface area (Å²) in [6, 6.07) is 7.50. The number of allylic oxidation sites excluding steroid dienone is 2. The summed E-state index contributed by atoms with van der Waals surface area (Å²) in [6.07, 6.45) is 4.00. The summed E-state index contributed by atoms with van der Waals surface area (Å²) in [5.74, 6) is 0.631. The second-order valence-electron chi connectivity index (χ2n) is 3.51. The summed E-state index contributed by atoms with van der Waals surface area (Å²) < 4.78 is 0. The first kappa shape index (κ1) is 15.8. The Morgan fingerprint density at radius 1 is 1.24 bits per heavy atom. The highest BCUT2D eigenvalue weighted by atomic mass is 32.1. The summed E-state index contributed by atoms with van der Waals surface area (Å²) in [5, 5.41) is 2.75. The minimum absolute atomic E-state index is 0.0333. The number of aryl methyl sites for hydroxylation is 1. The highest BCUT2D eigenvalue weighted by Crippen LogP contribution is 2.02. The molecule has 2 nitrogen and oxygen atoms in total. The number of hydrogen-bond acceptors (Lipinski definition) is 2. The lowest BCUT2D eigenvalue weighted by Gasteiger charge is -2.02. The van der Waals surface area contributed by atoms with E-state index in [2.05, 4.69) is 17.9 Å². The van der Waals surface area contributed by atoms with Crippen LogP contribution >= 0.6 is 12.6 Å². The van der Waals surface area contributed by atoms with Crippen LogP contribution in [0.3, 0.4) is 0 Å². The number of nitrogens with one attached hydrogen (secondary N) is 1. The largest absolute Gasteiger partial charge is 0.351 e. The number of thiol groups is 1. The van der Waals surface area contributed by atoms with E-state index in [-0.39, 0.29) is 5.91 Å². The van der Waals surface area contributed by atoms with E-state index >= 15 is 0 Å². The van der Waals surface area contributed by atoms with Gasteiger partial charge in [-0.3, -0.25) is 4.79 Å². The van der Waals surface area contributed by atoms with Gasteiger partial charge in [0.2, 0.25) is 0 Å². The lowest BCUT2D eigenvalue weighted by Crippen LogP contribution is -2.25. The highest BCUT2D eigenvalue weighted by molar-refractivity contribution is 7.80. The SMILES string of the molecule is CC=CC.Cc1ccc(C(=O)NCCS)cc1. The average molecular weight is 251 g/mol. The number of hydrogen-bond donors (Lipinski definition) is 2. The summed E-state index contributed by atoms with van der Waals surface area (Å²) >= 11 is 4.01. The predicted octanol–water partition coefficient (Wildman–Crippen LogP) is 3.24. The zero-order chi connectivity index (χ0) is 13.1. The molecule has 0 spiro atoms. The van der Waals surface area contributed by atoms with Crippen LogP contribution in [0.15, 0.2) is 36.4 Å². The van der Waals surface area contributed by atoms with Crippen molar-refractivity contribution >= 4 is 18.5 Å². The van der Waals surface area contributed by atoms with Gasteiger partial charge in [0, 0.05) is 17.9 Å². The Morgan fingerprint density at radius 2 is 1.76 bits per heavy atom. The first-order chi connectivity index (χ1) is 8.15. The van der Waals surface area contributed by atoms with Crippen LogP contribution in [-0.4, -0.2) is 18.2 Å². The molecule has 0 aliphatic rings. The molecule has 0 aliphatic carbocycles. The summed E-state index contributed by atoms with van der Waals surface area (Å²) in [6.45, 7) is 6.60. The second kappa shape index (κ2) is 9.97. The van der Waals surface area contributed by atoms with E-state index in [1.807, 2.05) is 57.2 Å². The van der Waals surface area contributed by atoms with Crippen LogP contribution in [0.4, 0.5) is 0 Å². The predicted molar refractivity (Wildman–Crippen MR) is 77.9 cm³/mol. The molecule has 0 radical (unpaired) electrons. The van der Waals surface area contributed by atoms with Crippen molar-refractivity contribution in [2.24, 2.45) is 0 Å². The first-order valence-corrected chi connectivity index (χ1v) is 6.32. The van der Waals surface area contributed by atoms with Crippen molar-refractivity contribution < 1.29 is 4.79 Å². The Labute approximate surface area is 110 Å². The molecule has 0 bridgehead atoms. The molecular weight excluding hydrogens is 230 g/mol. The van der Waals surface area contributed by atoms with Crippen molar-refractivity contribution in [3.8, 4) is 0 Å². The Hall–Kier alpha value is -1.22. The average Bonchev–Trinajstić information content (AvgIpc) is 2.37. The highest BCUT2D eigenvalue weighted by Gasteiger charge is 2.02. The molecule has 94 valence electrons. The monoisotopic (exact) mass is 251 g/mol. The van der Waals surface area contributed by atoms with Gasteiger partial charge in [-0.15, -0.1) is 0 Å². The van der Waals surface area contributed by atoms with Crippen molar-refractivity contribution in [2.75, 3.05) is 12.3 Å². The number of rotatable bonds is 3.